The fourth-order valence-corrected chi connectivity index (χ4v) is 4.18. The summed E-state index contributed by atoms with van der Waals surface area (Å²) in [5.74, 6) is -0.854. The molecule has 3 aromatic carbocycles. The van der Waals surface area contributed by atoms with Crippen LogP contribution in [0.4, 0.5) is 11.4 Å². The van der Waals surface area contributed by atoms with Crippen molar-refractivity contribution in [2.45, 2.75) is 12.1 Å². The van der Waals surface area contributed by atoms with E-state index in [0.717, 1.165) is 11.3 Å². The van der Waals surface area contributed by atoms with Crippen LogP contribution in [-0.2, 0) is 9.59 Å². The quantitative estimate of drug-likeness (QED) is 0.720. The third kappa shape index (κ3) is 2.52. The fourth-order valence-electron chi connectivity index (χ4n) is 4.18. The molecule has 2 fully saturated rings. The zero-order valence-corrected chi connectivity index (χ0v) is 15.1. The minimum atomic E-state index is -0.583. The molecule has 5 nitrogen and oxygen atoms in total. The van der Waals surface area contributed by atoms with Crippen molar-refractivity contribution >= 4 is 23.2 Å². The van der Waals surface area contributed by atoms with Crippen LogP contribution in [0.15, 0.2) is 91.0 Å². The first-order valence-corrected chi connectivity index (χ1v) is 9.34. The Morgan fingerprint density at radius 2 is 1.18 bits per heavy atom. The number of carbonyl (C=O) groups is 2. The summed E-state index contributed by atoms with van der Waals surface area (Å²) < 4.78 is 0. The molecule has 5 heteroatoms. The predicted molar refractivity (Wildman–Crippen MR) is 107 cm³/mol. The number of hydrogen-bond acceptors (Lipinski definition) is 4. The molecule has 2 amide bonds. The first-order valence-electron chi connectivity index (χ1n) is 9.34. The topological polar surface area (TPSA) is 52.7 Å². The normalized spacial score (nSPS) is 23.9. The molecule has 5 rings (SSSR count). The van der Waals surface area contributed by atoms with Crippen molar-refractivity contribution in [3.05, 3.63) is 96.6 Å². The number of fused-ring (bicyclic) bond motifs is 1. The third-order valence-electron chi connectivity index (χ3n) is 5.44. The van der Waals surface area contributed by atoms with E-state index in [1.807, 2.05) is 83.9 Å². The molecule has 2 aliphatic rings. The number of hydrazine groups is 1. The van der Waals surface area contributed by atoms with Gasteiger partial charge in [-0.3, -0.25) is 14.6 Å². The van der Waals surface area contributed by atoms with Crippen LogP contribution in [0.5, 0.6) is 0 Å². The average molecular weight is 369 g/mol. The zero-order valence-electron chi connectivity index (χ0n) is 15.1. The van der Waals surface area contributed by atoms with Gasteiger partial charge >= 0.3 is 0 Å². The van der Waals surface area contributed by atoms with Crippen molar-refractivity contribution in [2.24, 2.45) is 5.92 Å². The third-order valence-corrected chi connectivity index (χ3v) is 5.44. The Labute approximate surface area is 163 Å². The molecule has 0 aromatic heterocycles. The van der Waals surface area contributed by atoms with Crippen LogP contribution in [0.25, 0.3) is 0 Å². The zero-order chi connectivity index (χ0) is 19.1. The number of rotatable bonds is 3. The molecule has 0 saturated carbocycles. The smallest absolute Gasteiger partial charge is 0.258 e. The predicted octanol–water partition coefficient (Wildman–Crippen LogP) is 3.31. The van der Waals surface area contributed by atoms with Crippen LogP contribution in [-0.4, -0.2) is 17.9 Å². The second kappa shape index (κ2) is 6.62. The van der Waals surface area contributed by atoms with Crippen LogP contribution in [0, 0.1) is 5.92 Å². The van der Waals surface area contributed by atoms with E-state index < -0.39 is 12.0 Å². The molecule has 0 bridgehead atoms. The Morgan fingerprint density at radius 1 is 0.643 bits per heavy atom. The van der Waals surface area contributed by atoms with Gasteiger partial charge in [-0.25, -0.2) is 10.3 Å². The first-order chi connectivity index (χ1) is 13.8. The number of nitrogens with zero attached hydrogens (tertiary/aromatic N) is 2. The summed E-state index contributed by atoms with van der Waals surface area (Å²) in [6.45, 7) is 0. The van der Waals surface area contributed by atoms with E-state index in [4.69, 9.17) is 0 Å². The molecular weight excluding hydrogens is 350 g/mol. The summed E-state index contributed by atoms with van der Waals surface area (Å²) in [6.07, 6.45) is 0. The Kier molecular flexibility index (Phi) is 3.95. The van der Waals surface area contributed by atoms with Crippen molar-refractivity contribution in [3.63, 3.8) is 0 Å². The molecule has 2 saturated heterocycles. The molecule has 0 radical (unpaired) electrons. The summed E-state index contributed by atoms with van der Waals surface area (Å²) in [6, 6.07) is 27.8. The molecule has 2 heterocycles. The van der Waals surface area contributed by atoms with Gasteiger partial charge in [0.05, 0.1) is 23.3 Å². The molecule has 0 unspecified atom stereocenters. The number of nitrogens with one attached hydrogen (secondary N) is 1. The van der Waals surface area contributed by atoms with E-state index in [1.54, 1.807) is 12.1 Å². The van der Waals surface area contributed by atoms with E-state index in [-0.39, 0.29) is 17.9 Å². The van der Waals surface area contributed by atoms with E-state index >= 15 is 0 Å². The van der Waals surface area contributed by atoms with Gasteiger partial charge < -0.3 is 0 Å². The van der Waals surface area contributed by atoms with Gasteiger partial charge in [-0.1, -0.05) is 66.7 Å². The van der Waals surface area contributed by atoms with Gasteiger partial charge in [0.2, 0.25) is 5.91 Å². The monoisotopic (exact) mass is 369 g/mol. The maximum Gasteiger partial charge on any atom is 0.258 e. The summed E-state index contributed by atoms with van der Waals surface area (Å²) >= 11 is 0. The molecule has 3 aromatic rings. The van der Waals surface area contributed by atoms with Crippen LogP contribution in [0.2, 0.25) is 0 Å². The van der Waals surface area contributed by atoms with Gasteiger partial charge in [-0.15, -0.1) is 0 Å². The van der Waals surface area contributed by atoms with Gasteiger partial charge in [0, 0.05) is 0 Å². The molecule has 1 N–H and O–H groups in total. The fraction of sp³-hybridized carbons (Fsp3) is 0.130. The number of anilines is 2. The maximum atomic E-state index is 13.4. The molecule has 28 heavy (non-hydrogen) atoms. The maximum absolute atomic E-state index is 13.4. The summed E-state index contributed by atoms with van der Waals surface area (Å²) in [4.78, 5) is 28.1. The minimum absolute atomic E-state index is 0.166. The van der Waals surface area contributed by atoms with Crippen molar-refractivity contribution in [1.82, 2.24) is 5.43 Å². The second-order valence-corrected chi connectivity index (χ2v) is 7.04. The highest BCUT2D eigenvalue weighted by molar-refractivity contribution is 6.25. The standard InChI is InChI=1S/C23H19N3O2/c27-22-19-20(16-10-4-1-5-11-16)24-26(18-14-8-3-9-15-18)21(19)23(28)25(22)17-12-6-2-7-13-17/h1-15,19-21,24H/t19-,20+,21+/m1/s1. The van der Waals surface area contributed by atoms with Gasteiger partial charge in [0.15, 0.2) is 0 Å². The summed E-state index contributed by atoms with van der Waals surface area (Å²) in [5, 5.41) is 1.85. The SMILES string of the molecule is O=C1[C@H]2[C@@H](C(=O)N1c1ccccc1)N(c1ccccc1)N[C@H]2c1ccccc1. The average Bonchev–Trinajstić information content (AvgIpc) is 3.27. The highest BCUT2D eigenvalue weighted by Crippen LogP contribution is 2.43. The number of imide groups is 1. The molecule has 3 atom stereocenters. The van der Waals surface area contributed by atoms with Crippen molar-refractivity contribution in [2.75, 3.05) is 9.91 Å². The van der Waals surface area contributed by atoms with Crippen molar-refractivity contribution in [1.29, 1.82) is 0 Å². The summed E-state index contributed by atoms with van der Waals surface area (Å²) in [5.41, 5.74) is 5.90. The molecule has 2 aliphatic heterocycles. The van der Waals surface area contributed by atoms with Crippen LogP contribution < -0.4 is 15.3 Å². The van der Waals surface area contributed by atoms with Crippen LogP contribution in [0.3, 0.4) is 0 Å². The Morgan fingerprint density at radius 3 is 1.79 bits per heavy atom. The molecular formula is C23H19N3O2. The lowest BCUT2D eigenvalue weighted by Gasteiger charge is -2.26. The molecule has 0 aliphatic carbocycles. The van der Waals surface area contributed by atoms with E-state index in [1.165, 1.54) is 4.90 Å². The number of amides is 2. The molecule has 0 spiro atoms. The van der Waals surface area contributed by atoms with E-state index in [2.05, 4.69) is 5.43 Å². The van der Waals surface area contributed by atoms with Crippen molar-refractivity contribution < 1.29 is 9.59 Å². The van der Waals surface area contributed by atoms with Gasteiger partial charge in [0.25, 0.3) is 5.91 Å². The number of benzene rings is 3. The number of hydrogen-bond donors (Lipinski definition) is 1. The first kappa shape index (κ1) is 16.7. The highest BCUT2D eigenvalue weighted by Gasteiger charge is 2.59. The minimum Gasteiger partial charge on any atom is -0.294 e. The number of carbonyl (C=O) groups excluding carboxylic acids is 2. The molecule has 138 valence electrons. The van der Waals surface area contributed by atoms with Crippen molar-refractivity contribution in [3.8, 4) is 0 Å². The number of para-hydroxylation sites is 2. The van der Waals surface area contributed by atoms with E-state index in [0.29, 0.717) is 5.69 Å². The summed E-state index contributed by atoms with van der Waals surface area (Å²) in [7, 11) is 0. The second-order valence-electron chi connectivity index (χ2n) is 7.04. The Hall–Kier alpha value is -3.44. The Bertz CT molecular complexity index is 944. The lowest BCUT2D eigenvalue weighted by Crippen LogP contribution is -2.45. The highest BCUT2D eigenvalue weighted by atomic mass is 16.2. The largest absolute Gasteiger partial charge is 0.294 e. The Balaban J connectivity index is 1.61. The van der Waals surface area contributed by atoms with Gasteiger partial charge in [-0.2, -0.15) is 0 Å². The van der Waals surface area contributed by atoms with Gasteiger partial charge in [-0.05, 0) is 29.8 Å². The lowest BCUT2D eigenvalue weighted by atomic mass is 9.91. The lowest BCUT2D eigenvalue weighted by molar-refractivity contribution is -0.122. The van der Waals surface area contributed by atoms with Gasteiger partial charge in [0.1, 0.15) is 6.04 Å². The van der Waals surface area contributed by atoms with Crippen LogP contribution in [0.1, 0.15) is 11.6 Å². The van der Waals surface area contributed by atoms with Crippen LogP contribution >= 0.6 is 0 Å². The van der Waals surface area contributed by atoms with E-state index in [9.17, 15) is 9.59 Å².